The molecule has 0 aromatic carbocycles. The van der Waals surface area contributed by atoms with Crippen molar-refractivity contribution in [2.75, 3.05) is 20.3 Å². The molecule has 124 valence electrons. The second kappa shape index (κ2) is 6.76. The monoisotopic (exact) mass is 299 g/mol. The van der Waals surface area contributed by atoms with Gasteiger partial charge < -0.3 is 14.8 Å². The Morgan fingerprint density at radius 1 is 1.19 bits per heavy atom. The average Bonchev–Trinajstić information content (AvgIpc) is 2.35. The van der Waals surface area contributed by atoms with Crippen molar-refractivity contribution in [3.8, 4) is 0 Å². The number of carbonyl (C=O) groups excluding carboxylic acids is 1. The molecular formula is C17H33NO3. The maximum Gasteiger partial charge on any atom is 0.162 e. The zero-order chi connectivity index (χ0) is 16.3. The number of rotatable bonds is 6. The van der Waals surface area contributed by atoms with Crippen LogP contribution in [0.5, 0.6) is 0 Å². The average molecular weight is 299 g/mol. The highest BCUT2D eigenvalue weighted by Gasteiger charge is 2.36. The fraction of sp³-hybridized carbons (Fsp3) is 0.941. The molecule has 4 nitrogen and oxygen atoms in total. The summed E-state index contributed by atoms with van der Waals surface area (Å²) in [5.74, 6) is 0.120. The van der Waals surface area contributed by atoms with E-state index in [1.807, 2.05) is 27.8 Å². The Balaban J connectivity index is 2.48. The van der Waals surface area contributed by atoms with E-state index in [0.717, 1.165) is 12.8 Å². The molecule has 1 fully saturated rings. The molecule has 0 radical (unpaired) electrons. The van der Waals surface area contributed by atoms with E-state index in [0.29, 0.717) is 25.6 Å². The first-order chi connectivity index (χ1) is 9.47. The molecule has 1 unspecified atom stereocenters. The van der Waals surface area contributed by atoms with Gasteiger partial charge in [-0.15, -0.1) is 0 Å². The Bertz CT molecular complexity index is 350. The third-order valence-corrected chi connectivity index (χ3v) is 4.16. The van der Waals surface area contributed by atoms with Crippen molar-refractivity contribution in [1.29, 1.82) is 0 Å². The van der Waals surface area contributed by atoms with Crippen molar-refractivity contribution < 1.29 is 14.3 Å². The Kier molecular flexibility index (Phi) is 5.99. The molecule has 1 N–H and O–H groups in total. The largest absolute Gasteiger partial charge is 0.350 e. The third-order valence-electron chi connectivity index (χ3n) is 4.16. The molecule has 1 saturated heterocycles. The van der Waals surface area contributed by atoms with Crippen LogP contribution < -0.4 is 5.32 Å². The van der Waals surface area contributed by atoms with Crippen molar-refractivity contribution >= 4 is 5.78 Å². The van der Waals surface area contributed by atoms with Crippen molar-refractivity contribution in [1.82, 2.24) is 5.32 Å². The van der Waals surface area contributed by atoms with Gasteiger partial charge in [0.05, 0.1) is 18.8 Å². The molecule has 1 aliphatic rings. The molecule has 1 aliphatic heterocycles. The number of hydrogen-bond donors (Lipinski definition) is 1. The molecule has 0 spiro atoms. The van der Waals surface area contributed by atoms with Crippen molar-refractivity contribution in [3.05, 3.63) is 0 Å². The van der Waals surface area contributed by atoms with Crippen LogP contribution in [0, 0.1) is 11.3 Å². The number of likely N-dealkylation sites (N-methyl/N-ethyl adjacent to an activating group) is 1. The van der Waals surface area contributed by atoms with Gasteiger partial charge in [-0.05, 0) is 46.1 Å². The molecule has 0 aromatic heterocycles. The smallest absolute Gasteiger partial charge is 0.162 e. The lowest BCUT2D eigenvalue weighted by atomic mass is 9.77. The lowest BCUT2D eigenvalue weighted by Gasteiger charge is -2.36. The Morgan fingerprint density at radius 3 is 2.14 bits per heavy atom. The Hall–Kier alpha value is -0.450. The maximum absolute atomic E-state index is 12.6. The summed E-state index contributed by atoms with van der Waals surface area (Å²) in [7, 11) is 1.87. The summed E-state index contributed by atoms with van der Waals surface area (Å²) in [6.45, 7) is 13.7. The van der Waals surface area contributed by atoms with Gasteiger partial charge in [0.2, 0.25) is 0 Å². The SMILES string of the molecule is CNC(C)(CC(C)(C)C)C(=O)CCC1COC(C)(C)OC1. The highest BCUT2D eigenvalue weighted by Crippen LogP contribution is 2.30. The number of ether oxygens (including phenoxy) is 2. The first-order valence-corrected chi connectivity index (χ1v) is 7.98. The second-order valence-corrected chi connectivity index (χ2v) is 8.17. The fourth-order valence-electron chi connectivity index (χ4n) is 2.89. The van der Waals surface area contributed by atoms with Crippen LogP contribution in [0.1, 0.15) is 60.8 Å². The van der Waals surface area contributed by atoms with E-state index in [4.69, 9.17) is 9.47 Å². The predicted molar refractivity (Wildman–Crippen MR) is 85.3 cm³/mol. The fourth-order valence-corrected chi connectivity index (χ4v) is 2.89. The van der Waals surface area contributed by atoms with E-state index in [-0.39, 0.29) is 11.2 Å². The van der Waals surface area contributed by atoms with Gasteiger partial charge in [0, 0.05) is 12.3 Å². The number of hydrogen-bond acceptors (Lipinski definition) is 4. The van der Waals surface area contributed by atoms with Gasteiger partial charge in [0.25, 0.3) is 0 Å². The Labute approximate surface area is 130 Å². The minimum absolute atomic E-state index is 0.120. The Morgan fingerprint density at radius 2 is 1.71 bits per heavy atom. The molecular weight excluding hydrogens is 266 g/mol. The highest BCUT2D eigenvalue weighted by molar-refractivity contribution is 5.88. The van der Waals surface area contributed by atoms with E-state index in [9.17, 15) is 4.79 Å². The van der Waals surface area contributed by atoms with Gasteiger partial charge in [0.15, 0.2) is 11.6 Å². The number of nitrogens with one attached hydrogen (secondary N) is 1. The van der Waals surface area contributed by atoms with Crippen LogP contribution in [0.15, 0.2) is 0 Å². The second-order valence-electron chi connectivity index (χ2n) is 8.17. The lowest BCUT2D eigenvalue weighted by Crippen LogP contribution is -2.50. The van der Waals surface area contributed by atoms with Crippen LogP contribution in [0.3, 0.4) is 0 Å². The number of ketones is 1. The van der Waals surface area contributed by atoms with Crippen LogP contribution in [0.25, 0.3) is 0 Å². The van der Waals surface area contributed by atoms with Crippen LogP contribution >= 0.6 is 0 Å². The zero-order valence-corrected chi connectivity index (χ0v) is 14.8. The van der Waals surface area contributed by atoms with Crippen molar-refractivity contribution in [2.24, 2.45) is 11.3 Å². The van der Waals surface area contributed by atoms with Gasteiger partial charge in [0.1, 0.15) is 0 Å². The zero-order valence-electron chi connectivity index (χ0n) is 14.8. The van der Waals surface area contributed by atoms with E-state index in [2.05, 4.69) is 26.1 Å². The first kappa shape index (κ1) is 18.6. The van der Waals surface area contributed by atoms with Gasteiger partial charge in [-0.3, -0.25) is 4.79 Å². The van der Waals surface area contributed by atoms with Crippen molar-refractivity contribution in [2.45, 2.75) is 72.1 Å². The van der Waals surface area contributed by atoms with Crippen LogP contribution in [0.4, 0.5) is 0 Å². The number of Topliss-reactive ketones (excluding diaryl/α,β-unsaturated/α-hetero) is 1. The van der Waals surface area contributed by atoms with Crippen LogP contribution in [-0.2, 0) is 14.3 Å². The van der Waals surface area contributed by atoms with E-state index in [1.165, 1.54) is 0 Å². The summed E-state index contributed by atoms with van der Waals surface area (Å²) in [5.41, 5.74) is -0.331. The summed E-state index contributed by atoms with van der Waals surface area (Å²) >= 11 is 0. The molecule has 21 heavy (non-hydrogen) atoms. The molecule has 1 atom stereocenters. The summed E-state index contributed by atoms with van der Waals surface area (Å²) in [5, 5.41) is 3.22. The van der Waals surface area contributed by atoms with Crippen LogP contribution in [0.2, 0.25) is 0 Å². The van der Waals surface area contributed by atoms with E-state index < -0.39 is 11.3 Å². The molecule has 4 heteroatoms. The quantitative estimate of drug-likeness (QED) is 0.818. The minimum atomic E-state index is -0.480. The third kappa shape index (κ3) is 6.05. The molecule has 0 amide bonds. The summed E-state index contributed by atoms with van der Waals surface area (Å²) in [4.78, 5) is 12.6. The highest BCUT2D eigenvalue weighted by atomic mass is 16.7. The minimum Gasteiger partial charge on any atom is -0.350 e. The number of carbonyl (C=O) groups is 1. The first-order valence-electron chi connectivity index (χ1n) is 7.98. The summed E-state index contributed by atoms with van der Waals surface area (Å²) in [6.07, 6.45) is 2.24. The topological polar surface area (TPSA) is 47.6 Å². The van der Waals surface area contributed by atoms with Gasteiger partial charge in [-0.25, -0.2) is 0 Å². The molecule has 0 bridgehead atoms. The molecule has 1 rings (SSSR count). The summed E-state index contributed by atoms with van der Waals surface area (Å²) < 4.78 is 11.3. The van der Waals surface area contributed by atoms with E-state index >= 15 is 0 Å². The summed E-state index contributed by atoms with van der Waals surface area (Å²) in [6, 6.07) is 0. The maximum atomic E-state index is 12.6. The lowest BCUT2D eigenvalue weighted by molar-refractivity contribution is -0.262. The van der Waals surface area contributed by atoms with Crippen molar-refractivity contribution in [3.63, 3.8) is 0 Å². The molecule has 0 saturated carbocycles. The molecule has 0 aliphatic carbocycles. The normalized spacial score (nSPS) is 22.8. The molecule has 0 aromatic rings. The van der Waals surface area contributed by atoms with E-state index in [1.54, 1.807) is 0 Å². The van der Waals surface area contributed by atoms with Gasteiger partial charge >= 0.3 is 0 Å². The molecule has 1 heterocycles. The van der Waals surface area contributed by atoms with Gasteiger partial charge in [-0.1, -0.05) is 20.8 Å². The van der Waals surface area contributed by atoms with Crippen LogP contribution in [-0.4, -0.2) is 37.4 Å². The predicted octanol–water partition coefficient (Wildman–Crippen LogP) is 3.15. The standard InChI is InChI=1S/C17H33NO3/c1-15(2,3)12-17(6,18-7)14(19)9-8-13-10-20-16(4,5)21-11-13/h13,18H,8-12H2,1-7H3. The van der Waals surface area contributed by atoms with Gasteiger partial charge in [-0.2, -0.15) is 0 Å².